The summed E-state index contributed by atoms with van der Waals surface area (Å²) >= 11 is 7.23. The summed E-state index contributed by atoms with van der Waals surface area (Å²) in [6.45, 7) is 2.87. The van der Waals surface area contributed by atoms with Gasteiger partial charge < -0.3 is 9.47 Å². The molecule has 0 aliphatic carbocycles. The molecule has 0 unspecified atom stereocenters. The van der Waals surface area contributed by atoms with E-state index in [0.717, 1.165) is 15.6 Å². The van der Waals surface area contributed by atoms with Crippen LogP contribution in [0.15, 0.2) is 50.8 Å². The van der Waals surface area contributed by atoms with E-state index in [2.05, 4.69) is 43.5 Å². The Labute approximate surface area is 196 Å². The van der Waals surface area contributed by atoms with Crippen molar-refractivity contribution < 1.29 is 14.3 Å². The number of likely N-dealkylation sites (N-methyl/N-ethyl adjacent to an activating group) is 1. The van der Waals surface area contributed by atoms with Gasteiger partial charge in [-0.15, -0.1) is 0 Å². The number of rotatable bonds is 6. The van der Waals surface area contributed by atoms with Gasteiger partial charge in [0.2, 0.25) is 0 Å². The molecule has 2 aromatic carbocycles. The fraction of sp³-hybridized carbons (Fsp3) is 0.238. The van der Waals surface area contributed by atoms with Gasteiger partial charge in [-0.25, -0.2) is 0 Å². The number of carbonyl (C=O) groups is 1. The van der Waals surface area contributed by atoms with Crippen molar-refractivity contribution in [2.24, 2.45) is 4.99 Å². The van der Waals surface area contributed by atoms with Crippen LogP contribution in [-0.2, 0) is 11.4 Å². The SMILES string of the molecule is CCOc1cc(/C=C2/SC(=NC)N(C)C2=O)cc(Br)c1OCc1ccc(I)cc1. The highest BCUT2D eigenvalue weighted by molar-refractivity contribution is 14.1. The molecular weight excluding hydrogens is 567 g/mol. The Bertz CT molecular complexity index is 977. The van der Waals surface area contributed by atoms with E-state index in [0.29, 0.717) is 34.8 Å². The molecule has 1 aliphatic heterocycles. The number of halogens is 2. The molecule has 0 N–H and O–H groups in total. The van der Waals surface area contributed by atoms with Gasteiger partial charge >= 0.3 is 0 Å². The highest BCUT2D eigenvalue weighted by atomic mass is 127. The van der Waals surface area contributed by atoms with E-state index in [4.69, 9.17) is 9.47 Å². The lowest BCUT2D eigenvalue weighted by Gasteiger charge is -2.15. The second-order valence-corrected chi connectivity index (χ2v) is 9.27. The molecule has 2 aromatic rings. The minimum atomic E-state index is -0.0660. The molecule has 1 saturated heterocycles. The molecule has 0 atom stereocenters. The number of nitrogens with zero attached hydrogens (tertiary/aromatic N) is 2. The Hall–Kier alpha value is -1.52. The van der Waals surface area contributed by atoms with Crippen molar-refractivity contribution in [2.45, 2.75) is 13.5 Å². The van der Waals surface area contributed by atoms with Crippen LogP contribution < -0.4 is 9.47 Å². The molecule has 0 bridgehead atoms. The van der Waals surface area contributed by atoms with Crippen molar-refractivity contribution >= 4 is 67.4 Å². The van der Waals surface area contributed by atoms with Crippen LogP contribution in [0.4, 0.5) is 0 Å². The predicted octanol–water partition coefficient (Wildman–Crippen LogP) is 5.56. The average molecular weight is 587 g/mol. The van der Waals surface area contributed by atoms with Crippen LogP contribution in [0.1, 0.15) is 18.1 Å². The number of hydrogen-bond acceptors (Lipinski definition) is 5. The first-order valence-electron chi connectivity index (χ1n) is 8.91. The fourth-order valence-electron chi connectivity index (χ4n) is 2.71. The second-order valence-electron chi connectivity index (χ2n) is 6.16. The average Bonchev–Trinajstić information content (AvgIpc) is 2.97. The van der Waals surface area contributed by atoms with Crippen molar-refractivity contribution in [1.29, 1.82) is 0 Å². The summed E-state index contributed by atoms with van der Waals surface area (Å²) in [5, 5.41) is 0.683. The highest BCUT2D eigenvalue weighted by Gasteiger charge is 2.29. The number of ether oxygens (including phenoxy) is 2. The lowest BCUT2D eigenvalue weighted by atomic mass is 10.1. The number of aliphatic imine (C=N–C) groups is 1. The van der Waals surface area contributed by atoms with E-state index < -0.39 is 0 Å². The van der Waals surface area contributed by atoms with Gasteiger partial charge in [0, 0.05) is 17.7 Å². The fourth-order valence-corrected chi connectivity index (χ4v) is 4.57. The molecule has 0 radical (unpaired) electrons. The van der Waals surface area contributed by atoms with Crippen molar-refractivity contribution in [3.05, 3.63) is 60.5 Å². The van der Waals surface area contributed by atoms with E-state index >= 15 is 0 Å². The molecular formula is C21H20BrIN2O3S. The van der Waals surface area contributed by atoms with Crippen LogP contribution >= 0.6 is 50.3 Å². The normalized spacial score (nSPS) is 16.7. The zero-order valence-corrected chi connectivity index (χ0v) is 20.8. The maximum Gasteiger partial charge on any atom is 0.266 e. The van der Waals surface area contributed by atoms with Crippen LogP contribution in [-0.4, -0.2) is 36.7 Å². The quantitative estimate of drug-likeness (QED) is 0.328. The summed E-state index contributed by atoms with van der Waals surface area (Å²) in [5.74, 6) is 1.21. The molecule has 0 saturated carbocycles. The van der Waals surface area contributed by atoms with Gasteiger partial charge in [-0.05, 0) is 98.7 Å². The van der Waals surface area contributed by atoms with E-state index in [1.165, 1.54) is 15.3 Å². The van der Waals surface area contributed by atoms with Gasteiger partial charge in [0.15, 0.2) is 16.7 Å². The van der Waals surface area contributed by atoms with E-state index in [1.54, 1.807) is 19.0 Å². The van der Waals surface area contributed by atoms with Crippen LogP contribution in [0, 0.1) is 3.57 Å². The first kappa shape index (κ1) is 22.2. The van der Waals surface area contributed by atoms with Gasteiger partial charge in [-0.1, -0.05) is 12.1 Å². The third kappa shape index (κ3) is 5.35. The zero-order chi connectivity index (χ0) is 21.0. The van der Waals surface area contributed by atoms with Crippen LogP contribution in [0.2, 0.25) is 0 Å². The molecule has 1 fully saturated rings. The lowest BCUT2D eigenvalue weighted by molar-refractivity contribution is -0.121. The molecule has 5 nitrogen and oxygen atoms in total. The van der Waals surface area contributed by atoms with Gasteiger partial charge in [0.05, 0.1) is 16.0 Å². The van der Waals surface area contributed by atoms with Gasteiger partial charge in [-0.3, -0.25) is 14.7 Å². The molecule has 0 aromatic heterocycles. The molecule has 1 aliphatic rings. The Kier molecular flexibility index (Phi) is 7.64. The smallest absolute Gasteiger partial charge is 0.266 e. The van der Waals surface area contributed by atoms with Crippen molar-refractivity contribution in [3.63, 3.8) is 0 Å². The summed E-state index contributed by atoms with van der Waals surface area (Å²) < 4.78 is 13.8. The number of thioether (sulfide) groups is 1. The molecule has 152 valence electrons. The first-order valence-corrected chi connectivity index (χ1v) is 11.6. The minimum Gasteiger partial charge on any atom is -0.490 e. The van der Waals surface area contributed by atoms with Crippen LogP contribution in [0.3, 0.4) is 0 Å². The monoisotopic (exact) mass is 586 g/mol. The topological polar surface area (TPSA) is 51.1 Å². The molecule has 1 heterocycles. The Morgan fingerprint density at radius 2 is 1.97 bits per heavy atom. The molecule has 3 rings (SSSR count). The summed E-state index contributed by atoms with van der Waals surface area (Å²) in [7, 11) is 3.40. The summed E-state index contributed by atoms with van der Waals surface area (Å²) in [6, 6.07) is 12.0. The Morgan fingerprint density at radius 3 is 2.59 bits per heavy atom. The summed E-state index contributed by atoms with van der Waals surface area (Å²) in [5.41, 5.74) is 1.93. The number of carbonyl (C=O) groups excluding carboxylic acids is 1. The maximum absolute atomic E-state index is 12.4. The Balaban J connectivity index is 1.87. The van der Waals surface area contributed by atoms with Gasteiger partial charge in [0.1, 0.15) is 6.61 Å². The largest absolute Gasteiger partial charge is 0.490 e. The highest BCUT2D eigenvalue weighted by Crippen LogP contribution is 2.39. The standard InChI is InChI=1S/C21H20BrIN2O3S/c1-4-27-17-10-14(11-18-20(26)25(3)21(24-2)29-18)9-16(22)19(17)28-12-13-5-7-15(23)8-6-13/h5-11H,4,12H2,1-3H3/b18-11+,24-21?. The van der Waals surface area contributed by atoms with Gasteiger partial charge in [0.25, 0.3) is 5.91 Å². The maximum atomic E-state index is 12.4. The second kappa shape index (κ2) is 9.99. The zero-order valence-electron chi connectivity index (χ0n) is 16.2. The van der Waals surface area contributed by atoms with Gasteiger partial charge in [-0.2, -0.15) is 0 Å². The molecule has 8 heteroatoms. The molecule has 1 amide bonds. The van der Waals surface area contributed by atoms with E-state index in [-0.39, 0.29) is 5.91 Å². The third-order valence-electron chi connectivity index (χ3n) is 4.12. The number of hydrogen-bond donors (Lipinski definition) is 0. The van der Waals surface area contributed by atoms with Crippen molar-refractivity contribution in [2.75, 3.05) is 20.7 Å². The van der Waals surface area contributed by atoms with E-state index in [9.17, 15) is 4.79 Å². The minimum absolute atomic E-state index is 0.0660. The number of benzene rings is 2. The summed E-state index contributed by atoms with van der Waals surface area (Å²) in [4.78, 5) is 18.7. The number of amides is 1. The lowest BCUT2D eigenvalue weighted by Crippen LogP contribution is -2.23. The first-order chi connectivity index (χ1) is 13.9. The van der Waals surface area contributed by atoms with Crippen LogP contribution in [0.25, 0.3) is 6.08 Å². The Morgan fingerprint density at radius 1 is 1.24 bits per heavy atom. The molecule has 0 spiro atoms. The van der Waals surface area contributed by atoms with Crippen LogP contribution in [0.5, 0.6) is 11.5 Å². The van der Waals surface area contributed by atoms with Crippen molar-refractivity contribution in [1.82, 2.24) is 4.90 Å². The van der Waals surface area contributed by atoms with E-state index in [1.807, 2.05) is 49.4 Å². The third-order valence-corrected chi connectivity index (χ3v) is 6.58. The van der Waals surface area contributed by atoms with Crippen molar-refractivity contribution in [3.8, 4) is 11.5 Å². The number of amidine groups is 1. The summed E-state index contributed by atoms with van der Waals surface area (Å²) in [6.07, 6.45) is 1.85. The molecule has 29 heavy (non-hydrogen) atoms. The predicted molar refractivity (Wildman–Crippen MR) is 130 cm³/mol.